The SMILES string of the molecule is CC(Sc1ccccc1C(=O)O)C(=O)NC1CCCC1. The number of benzene rings is 1. The van der Waals surface area contributed by atoms with E-state index in [-0.39, 0.29) is 16.7 Å². The summed E-state index contributed by atoms with van der Waals surface area (Å²) in [6.45, 7) is 1.81. The fraction of sp³-hybridized carbons (Fsp3) is 0.467. The molecule has 1 aromatic carbocycles. The van der Waals surface area contributed by atoms with Crippen LogP contribution in [0.25, 0.3) is 0 Å². The quantitative estimate of drug-likeness (QED) is 0.819. The Hall–Kier alpha value is -1.49. The molecule has 1 fully saturated rings. The number of carbonyl (C=O) groups excluding carboxylic acids is 1. The molecule has 1 aliphatic carbocycles. The van der Waals surface area contributed by atoms with Crippen LogP contribution in [0.2, 0.25) is 0 Å². The second-order valence-electron chi connectivity index (χ2n) is 5.05. The first-order valence-corrected chi connectivity index (χ1v) is 7.75. The van der Waals surface area contributed by atoms with E-state index in [1.807, 2.05) is 6.92 Å². The Morgan fingerprint density at radius 1 is 1.30 bits per heavy atom. The maximum absolute atomic E-state index is 12.1. The summed E-state index contributed by atoms with van der Waals surface area (Å²) >= 11 is 1.30. The molecule has 0 bridgehead atoms. The Morgan fingerprint density at radius 3 is 2.60 bits per heavy atom. The highest BCUT2D eigenvalue weighted by Gasteiger charge is 2.22. The van der Waals surface area contributed by atoms with Crippen LogP contribution >= 0.6 is 11.8 Å². The molecule has 20 heavy (non-hydrogen) atoms. The molecule has 1 amide bonds. The van der Waals surface area contributed by atoms with Gasteiger partial charge in [0, 0.05) is 10.9 Å². The summed E-state index contributed by atoms with van der Waals surface area (Å²) in [5.74, 6) is -0.974. The molecule has 0 aromatic heterocycles. The standard InChI is InChI=1S/C15H19NO3S/c1-10(14(17)16-11-6-2-3-7-11)20-13-9-5-4-8-12(13)15(18)19/h4-5,8-11H,2-3,6-7H2,1H3,(H,16,17)(H,18,19). The first-order chi connectivity index (χ1) is 9.58. The van der Waals surface area contributed by atoms with Gasteiger partial charge in [-0.2, -0.15) is 0 Å². The molecular formula is C15H19NO3S. The maximum Gasteiger partial charge on any atom is 0.336 e. The highest BCUT2D eigenvalue weighted by molar-refractivity contribution is 8.00. The second-order valence-corrected chi connectivity index (χ2v) is 6.43. The number of carboxylic acid groups (broad SMARTS) is 1. The van der Waals surface area contributed by atoms with Crippen molar-refractivity contribution >= 4 is 23.6 Å². The van der Waals surface area contributed by atoms with Crippen molar-refractivity contribution < 1.29 is 14.7 Å². The van der Waals surface area contributed by atoms with E-state index < -0.39 is 5.97 Å². The minimum atomic E-state index is -0.962. The van der Waals surface area contributed by atoms with Gasteiger partial charge in [0.25, 0.3) is 0 Å². The molecule has 0 heterocycles. The van der Waals surface area contributed by atoms with Crippen LogP contribution in [0.3, 0.4) is 0 Å². The average Bonchev–Trinajstić information content (AvgIpc) is 2.91. The molecule has 1 unspecified atom stereocenters. The van der Waals surface area contributed by atoms with Crippen molar-refractivity contribution in [3.05, 3.63) is 29.8 Å². The molecule has 0 radical (unpaired) electrons. The molecule has 1 aliphatic rings. The summed E-state index contributed by atoms with van der Waals surface area (Å²) in [5.41, 5.74) is 0.248. The molecule has 0 aliphatic heterocycles. The van der Waals surface area contributed by atoms with Crippen LogP contribution < -0.4 is 5.32 Å². The fourth-order valence-corrected chi connectivity index (χ4v) is 3.37. The highest BCUT2D eigenvalue weighted by Crippen LogP contribution is 2.27. The lowest BCUT2D eigenvalue weighted by Gasteiger charge is -2.17. The maximum atomic E-state index is 12.1. The van der Waals surface area contributed by atoms with Crippen molar-refractivity contribution in [2.24, 2.45) is 0 Å². The van der Waals surface area contributed by atoms with Crippen molar-refractivity contribution in [1.29, 1.82) is 0 Å². The van der Waals surface area contributed by atoms with E-state index in [0.717, 1.165) is 12.8 Å². The van der Waals surface area contributed by atoms with Crippen LogP contribution in [0, 0.1) is 0 Å². The summed E-state index contributed by atoms with van der Waals surface area (Å²) in [7, 11) is 0. The zero-order valence-electron chi connectivity index (χ0n) is 11.5. The largest absolute Gasteiger partial charge is 0.478 e. The third-order valence-corrected chi connectivity index (χ3v) is 4.67. The van der Waals surface area contributed by atoms with E-state index in [4.69, 9.17) is 5.11 Å². The number of hydrogen-bond acceptors (Lipinski definition) is 3. The third kappa shape index (κ3) is 3.76. The zero-order valence-corrected chi connectivity index (χ0v) is 12.3. The molecule has 0 saturated heterocycles. The predicted molar refractivity (Wildman–Crippen MR) is 79.1 cm³/mol. The monoisotopic (exact) mass is 293 g/mol. The van der Waals surface area contributed by atoms with Gasteiger partial charge in [-0.3, -0.25) is 4.79 Å². The Kier molecular flexibility index (Phi) is 5.06. The van der Waals surface area contributed by atoms with Gasteiger partial charge in [0.1, 0.15) is 0 Å². The molecule has 1 atom stereocenters. The van der Waals surface area contributed by atoms with Crippen molar-refractivity contribution in [1.82, 2.24) is 5.32 Å². The lowest BCUT2D eigenvalue weighted by atomic mass is 10.2. The van der Waals surface area contributed by atoms with Crippen LogP contribution in [-0.2, 0) is 4.79 Å². The number of aromatic carboxylic acids is 1. The lowest BCUT2D eigenvalue weighted by Crippen LogP contribution is -2.37. The summed E-state index contributed by atoms with van der Waals surface area (Å²) in [5, 5.41) is 11.9. The fourth-order valence-electron chi connectivity index (χ4n) is 2.38. The Bertz CT molecular complexity index is 498. The molecule has 4 nitrogen and oxygen atoms in total. The summed E-state index contributed by atoms with van der Waals surface area (Å²) in [6.07, 6.45) is 4.45. The highest BCUT2D eigenvalue weighted by atomic mass is 32.2. The van der Waals surface area contributed by atoms with Crippen LogP contribution in [0.1, 0.15) is 43.0 Å². The minimum absolute atomic E-state index is 0.0120. The topological polar surface area (TPSA) is 66.4 Å². The minimum Gasteiger partial charge on any atom is -0.478 e. The molecule has 108 valence electrons. The molecule has 5 heteroatoms. The van der Waals surface area contributed by atoms with Crippen LogP contribution in [0.5, 0.6) is 0 Å². The van der Waals surface area contributed by atoms with Crippen LogP contribution in [0.4, 0.5) is 0 Å². The lowest BCUT2D eigenvalue weighted by molar-refractivity contribution is -0.120. The Balaban J connectivity index is 1.98. The summed E-state index contributed by atoms with van der Waals surface area (Å²) in [6, 6.07) is 7.08. The summed E-state index contributed by atoms with van der Waals surface area (Å²) < 4.78 is 0. The van der Waals surface area contributed by atoms with Crippen LogP contribution in [0.15, 0.2) is 29.2 Å². The predicted octanol–water partition coefficient (Wildman–Crippen LogP) is 2.92. The van der Waals surface area contributed by atoms with Gasteiger partial charge in [-0.25, -0.2) is 4.79 Å². The molecular weight excluding hydrogens is 274 g/mol. The number of thioether (sulfide) groups is 1. The van der Waals surface area contributed by atoms with E-state index in [0.29, 0.717) is 10.9 Å². The number of carbonyl (C=O) groups is 2. The van der Waals surface area contributed by atoms with Gasteiger partial charge < -0.3 is 10.4 Å². The molecule has 1 aromatic rings. The number of rotatable bonds is 5. The van der Waals surface area contributed by atoms with Gasteiger partial charge in [0.15, 0.2) is 0 Å². The van der Waals surface area contributed by atoms with Gasteiger partial charge in [0.2, 0.25) is 5.91 Å². The molecule has 2 N–H and O–H groups in total. The number of hydrogen-bond donors (Lipinski definition) is 2. The van der Waals surface area contributed by atoms with Crippen molar-refractivity contribution in [2.75, 3.05) is 0 Å². The van der Waals surface area contributed by atoms with Crippen molar-refractivity contribution in [3.8, 4) is 0 Å². The van der Waals surface area contributed by atoms with Crippen molar-refractivity contribution in [3.63, 3.8) is 0 Å². The van der Waals surface area contributed by atoms with E-state index in [1.165, 1.54) is 24.6 Å². The van der Waals surface area contributed by atoms with Gasteiger partial charge >= 0.3 is 5.97 Å². The zero-order chi connectivity index (χ0) is 14.5. The first kappa shape index (κ1) is 14.9. The van der Waals surface area contributed by atoms with E-state index in [2.05, 4.69) is 5.32 Å². The number of carboxylic acids is 1. The van der Waals surface area contributed by atoms with Gasteiger partial charge in [-0.15, -0.1) is 11.8 Å². The van der Waals surface area contributed by atoms with Crippen LogP contribution in [-0.4, -0.2) is 28.3 Å². The first-order valence-electron chi connectivity index (χ1n) is 6.87. The normalized spacial score (nSPS) is 16.9. The smallest absolute Gasteiger partial charge is 0.336 e. The van der Waals surface area contributed by atoms with E-state index in [9.17, 15) is 9.59 Å². The Morgan fingerprint density at radius 2 is 1.95 bits per heavy atom. The number of amides is 1. The Labute approximate surface area is 123 Å². The number of nitrogens with one attached hydrogen (secondary N) is 1. The van der Waals surface area contributed by atoms with E-state index >= 15 is 0 Å². The third-order valence-electron chi connectivity index (χ3n) is 3.49. The van der Waals surface area contributed by atoms with Gasteiger partial charge in [-0.05, 0) is 31.9 Å². The summed E-state index contributed by atoms with van der Waals surface area (Å²) in [4.78, 5) is 23.9. The van der Waals surface area contributed by atoms with E-state index in [1.54, 1.807) is 24.3 Å². The van der Waals surface area contributed by atoms with Gasteiger partial charge in [0.05, 0.1) is 10.8 Å². The average molecular weight is 293 g/mol. The molecule has 0 spiro atoms. The molecule has 1 saturated carbocycles. The van der Waals surface area contributed by atoms with Gasteiger partial charge in [-0.1, -0.05) is 25.0 Å². The van der Waals surface area contributed by atoms with Crippen molar-refractivity contribution in [2.45, 2.75) is 48.8 Å². The molecule has 2 rings (SSSR count). The second kappa shape index (κ2) is 6.79.